The van der Waals surface area contributed by atoms with Gasteiger partial charge >= 0.3 is 5.97 Å². The van der Waals surface area contributed by atoms with Gasteiger partial charge in [0, 0.05) is 4.91 Å². The van der Waals surface area contributed by atoms with E-state index in [2.05, 4.69) is 14.8 Å². The molecule has 6 nitrogen and oxygen atoms in total. The summed E-state index contributed by atoms with van der Waals surface area (Å²) < 4.78 is 4.39. The molecular formula is C9H15N3O3. The maximum Gasteiger partial charge on any atom is 0.317 e. The van der Waals surface area contributed by atoms with Crippen LogP contribution in [0.2, 0.25) is 0 Å². The van der Waals surface area contributed by atoms with Gasteiger partial charge in [-0.3, -0.25) is 4.79 Å². The summed E-state index contributed by atoms with van der Waals surface area (Å²) in [6.07, 6.45) is 3.75. The number of rotatable bonds is 6. The Morgan fingerprint density at radius 3 is 2.87 bits per heavy atom. The third kappa shape index (κ3) is 5.05. The van der Waals surface area contributed by atoms with Gasteiger partial charge in [0.1, 0.15) is 0 Å². The zero-order chi connectivity index (χ0) is 11.7. The van der Waals surface area contributed by atoms with E-state index in [0.29, 0.717) is 0 Å². The molecule has 84 valence electrons. The first-order chi connectivity index (χ1) is 7.17. The quantitative estimate of drug-likeness (QED) is 0.238. The molecule has 0 saturated heterocycles. The summed E-state index contributed by atoms with van der Waals surface area (Å²) in [6, 6.07) is -1.21. The average molecular weight is 213 g/mol. The zero-order valence-electron chi connectivity index (χ0n) is 8.83. The van der Waals surface area contributed by atoms with Crippen LogP contribution in [0.5, 0.6) is 0 Å². The molecule has 0 rings (SSSR count). The van der Waals surface area contributed by atoms with Crippen LogP contribution < -0.4 is 0 Å². The predicted molar refractivity (Wildman–Crippen MR) is 55.0 cm³/mol. The Morgan fingerprint density at radius 2 is 2.40 bits per heavy atom. The molecule has 1 N–H and O–H groups in total. The Kier molecular flexibility index (Phi) is 7.05. The van der Waals surface area contributed by atoms with Crippen molar-refractivity contribution in [2.24, 2.45) is 5.11 Å². The lowest BCUT2D eigenvalue weighted by Crippen LogP contribution is -2.31. The van der Waals surface area contributed by atoms with Crippen molar-refractivity contribution >= 4 is 5.97 Å². The number of unbranched alkanes of at least 4 members (excludes halogenated alkanes) is 1. The molecule has 0 aliphatic carbocycles. The molecule has 0 aromatic carbocycles. The van der Waals surface area contributed by atoms with Crippen LogP contribution in [0.15, 0.2) is 17.3 Å². The van der Waals surface area contributed by atoms with Gasteiger partial charge in [0.2, 0.25) is 0 Å². The smallest absolute Gasteiger partial charge is 0.317 e. The number of aliphatic hydroxyl groups is 1. The number of esters is 1. The van der Waals surface area contributed by atoms with Crippen molar-refractivity contribution in [3.63, 3.8) is 0 Å². The first kappa shape index (κ1) is 13.5. The summed E-state index contributed by atoms with van der Waals surface area (Å²) >= 11 is 0. The maximum absolute atomic E-state index is 11.1. The van der Waals surface area contributed by atoms with Crippen LogP contribution in [0.3, 0.4) is 0 Å². The summed E-state index contributed by atoms with van der Waals surface area (Å²) in [5.41, 5.74) is 8.22. The second-order valence-electron chi connectivity index (χ2n) is 2.88. The van der Waals surface area contributed by atoms with E-state index in [9.17, 15) is 9.90 Å². The lowest BCUT2D eigenvalue weighted by Gasteiger charge is -2.12. The van der Waals surface area contributed by atoms with Gasteiger partial charge in [-0.1, -0.05) is 30.6 Å². The largest absolute Gasteiger partial charge is 0.469 e. The normalized spacial score (nSPS) is 14.3. The number of carbonyl (C=O) groups is 1. The highest BCUT2D eigenvalue weighted by Gasteiger charge is 2.24. The highest BCUT2D eigenvalue weighted by molar-refractivity contribution is 5.76. The Labute approximate surface area is 88.2 Å². The van der Waals surface area contributed by atoms with E-state index in [0.717, 1.165) is 12.8 Å². The molecule has 0 aromatic rings. The molecule has 0 unspecified atom stereocenters. The lowest BCUT2D eigenvalue weighted by molar-refractivity contribution is -0.144. The number of hydrogen-bond donors (Lipinski definition) is 1. The van der Waals surface area contributed by atoms with Crippen LogP contribution in [0, 0.1) is 0 Å². The number of allylic oxidation sites excluding steroid dienone is 1. The fourth-order valence-electron chi connectivity index (χ4n) is 0.939. The molecule has 0 radical (unpaired) electrons. The molecule has 0 aliphatic rings. The standard InChI is InChI=1S/C9H15N3O3/c1-3-4-5-6-7(13)8(11-12-10)9(14)15-2/h5-8,13H,3-4H2,1-2H3/b6-5+/t7-,8+/m0/s1. The number of aliphatic hydroxyl groups excluding tert-OH is 1. The number of hydrogen-bond acceptors (Lipinski definition) is 4. The van der Waals surface area contributed by atoms with Crippen molar-refractivity contribution in [2.45, 2.75) is 31.9 Å². The minimum absolute atomic E-state index is 0.749. The van der Waals surface area contributed by atoms with E-state index >= 15 is 0 Å². The van der Waals surface area contributed by atoms with Crippen molar-refractivity contribution in [2.75, 3.05) is 7.11 Å². The predicted octanol–water partition coefficient (Wildman–Crippen LogP) is 1.56. The third-order valence-electron chi connectivity index (χ3n) is 1.73. The van der Waals surface area contributed by atoms with Gasteiger partial charge < -0.3 is 9.84 Å². The molecule has 15 heavy (non-hydrogen) atoms. The molecule has 0 aliphatic heterocycles. The Morgan fingerprint density at radius 1 is 1.73 bits per heavy atom. The number of ether oxygens (including phenoxy) is 1. The van der Waals surface area contributed by atoms with Crippen LogP contribution in [-0.2, 0) is 9.53 Å². The molecular weight excluding hydrogens is 198 g/mol. The van der Waals surface area contributed by atoms with E-state index in [1.54, 1.807) is 6.08 Å². The monoisotopic (exact) mass is 213 g/mol. The van der Waals surface area contributed by atoms with Crippen molar-refractivity contribution < 1.29 is 14.6 Å². The molecule has 0 fully saturated rings. The molecule has 0 spiro atoms. The summed E-state index contributed by atoms with van der Waals surface area (Å²) in [4.78, 5) is 13.6. The minimum atomic E-state index is -1.21. The van der Waals surface area contributed by atoms with E-state index in [4.69, 9.17) is 5.53 Å². The van der Waals surface area contributed by atoms with E-state index < -0.39 is 18.1 Å². The van der Waals surface area contributed by atoms with Crippen molar-refractivity contribution in [3.05, 3.63) is 22.6 Å². The van der Waals surface area contributed by atoms with Gasteiger partial charge in [0.25, 0.3) is 0 Å². The highest BCUT2D eigenvalue weighted by atomic mass is 16.5. The lowest BCUT2D eigenvalue weighted by atomic mass is 10.1. The van der Waals surface area contributed by atoms with Gasteiger partial charge in [-0.25, -0.2) is 0 Å². The number of azide groups is 1. The summed E-state index contributed by atoms with van der Waals surface area (Å²) in [7, 11) is 1.17. The van der Waals surface area contributed by atoms with E-state index in [-0.39, 0.29) is 0 Å². The second-order valence-corrected chi connectivity index (χ2v) is 2.88. The zero-order valence-corrected chi connectivity index (χ0v) is 8.83. The number of carbonyl (C=O) groups excluding carboxylic acids is 1. The Hall–Kier alpha value is -1.52. The maximum atomic E-state index is 11.1. The van der Waals surface area contributed by atoms with Crippen molar-refractivity contribution in [1.82, 2.24) is 0 Å². The van der Waals surface area contributed by atoms with Crippen LogP contribution in [0.25, 0.3) is 10.4 Å². The SMILES string of the molecule is CCC/C=C/[C@H](O)[C@@H](N=[N+]=[N-])C(=O)OC. The van der Waals surface area contributed by atoms with Crippen LogP contribution in [0.1, 0.15) is 19.8 Å². The molecule has 0 bridgehead atoms. The van der Waals surface area contributed by atoms with Crippen LogP contribution in [0.4, 0.5) is 0 Å². The van der Waals surface area contributed by atoms with Gasteiger partial charge in [-0.2, -0.15) is 0 Å². The number of methoxy groups -OCH3 is 1. The molecule has 0 aromatic heterocycles. The molecule has 2 atom stereocenters. The Bertz CT molecular complexity index is 272. The first-order valence-electron chi connectivity index (χ1n) is 4.64. The fourth-order valence-corrected chi connectivity index (χ4v) is 0.939. The first-order valence-corrected chi connectivity index (χ1v) is 4.64. The molecule has 0 saturated carbocycles. The molecule has 0 heterocycles. The van der Waals surface area contributed by atoms with Gasteiger partial charge in [0.15, 0.2) is 6.04 Å². The van der Waals surface area contributed by atoms with E-state index in [1.165, 1.54) is 13.2 Å². The van der Waals surface area contributed by atoms with Crippen LogP contribution >= 0.6 is 0 Å². The van der Waals surface area contributed by atoms with Crippen LogP contribution in [-0.4, -0.2) is 30.3 Å². The summed E-state index contributed by atoms with van der Waals surface area (Å²) in [5, 5.41) is 12.7. The second kappa shape index (κ2) is 7.84. The third-order valence-corrected chi connectivity index (χ3v) is 1.73. The topological polar surface area (TPSA) is 95.3 Å². The highest BCUT2D eigenvalue weighted by Crippen LogP contribution is 2.05. The van der Waals surface area contributed by atoms with Gasteiger partial charge in [-0.05, 0) is 12.0 Å². The molecule has 0 amide bonds. The fraction of sp³-hybridized carbons (Fsp3) is 0.667. The molecule has 6 heteroatoms. The number of nitrogens with zero attached hydrogens (tertiary/aromatic N) is 3. The summed E-state index contributed by atoms with van der Waals surface area (Å²) in [6.45, 7) is 1.99. The van der Waals surface area contributed by atoms with E-state index in [1.807, 2.05) is 6.92 Å². The average Bonchev–Trinajstić information content (AvgIpc) is 2.25. The van der Waals surface area contributed by atoms with Gasteiger partial charge in [-0.15, -0.1) is 0 Å². The Balaban J connectivity index is 4.48. The van der Waals surface area contributed by atoms with Crippen molar-refractivity contribution in [1.29, 1.82) is 0 Å². The minimum Gasteiger partial charge on any atom is -0.469 e. The van der Waals surface area contributed by atoms with Gasteiger partial charge in [0.05, 0.1) is 13.2 Å². The summed E-state index contributed by atoms with van der Waals surface area (Å²) in [5.74, 6) is -0.749. The van der Waals surface area contributed by atoms with Crippen molar-refractivity contribution in [3.8, 4) is 0 Å².